The lowest BCUT2D eigenvalue weighted by atomic mass is 10.1. The highest BCUT2D eigenvalue weighted by Gasteiger charge is 2.22. The van der Waals surface area contributed by atoms with Gasteiger partial charge in [0.05, 0.1) is 0 Å². The van der Waals surface area contributed by atoms with Gasteiger partial charge in [-0.2, -0.15) is 0 Å². The molecule has 5 nitrogen and oxygen atoms in total. The van der Waals surface area contributed by atoms with E-state index >= 15 is 0 Å². The molecule has 0 radical (unpaired) electrons. The van der Waals surface area contributed by atoms with E-state index in [1.807, 2.05) is 0 Å². The average Bonchev–Trinajstić information content (AvgIpc) is 2.02. The third-order valence-corrected chi connectivity index (χ3v) is 3.05. The number of amides is 1. The third kappa shape index (κ3) is 3.63. The van der Waals surface area contributed by atoms with Crippen molar-refractivity contribution in [2.24, 2.45) is 5.73 Å². The highest BCUT2D eigenvalue weighted by molar-refractivity contribution is 7.91. The number of rotatable bonds is 2. The molecule has 1 aliphatic heterocycles. The second-order valence-electron chi connectivity index (χ2n) is 3.79. The quantitative estimate of drug-likeness (QED) is 0.646. The number of likely N-dealkylation sites (tertiary alicyclic amines) is 1. The Morgan fingerprint density at radius 3 is 2.36 bits per heavy atom. The van der Waals surface area contributed by atoms with Crippen LogP contribution in [0.5, 0.6) is 0 Å². The molecule has 1 heterocycles. The molecule has 1 amide bonds. The average molecular weight is 220 g/mol. The Kier molecular flexibility index (Phi) is 3.49. The van der Waals surface area contributed by atoms with E-state index in [1.165, 1.54) is 0 Å². The lowest BCUT2D eigenvalue weighted by Crippen LogP contribution is -2.44. The van der Waals surface area contributed by atoms with Crippen LogP contribution in [0.4, 0.5) is 0 Å². The predicted molar refractivity (Wildman–Crippen MR) is 53.5 cm³/mol. The van der Waals surface area contributed by atoms with Gasteiger partial charge in [-0.15, -0.1) is 0 Å². The molecule has 82 valence electrons. The van der Waals surface area contributed by atoms with Crippen molar-refractivity contribution in [3.05, 3.63) is 0 Å². The van der Waals surface area contributed by atoms with E-state index < -0.39 is 9.84 Å². The first-order valence-electron chi connectivity index (χ1n) is 4.59. The van der Waals surface area contributed by atoms with Crippen LogP contribution in [0.1, 0.15) is 12.8 Å². The molecule has 1 aliphatic rings. The van der Waals surface area contributed by atoms with Crippen LogP contribution < -0.4 is 5.73 Å². The maximum atomic E-state index is 11.4. The molecule has 1 fully saturated rings. The second-order valence-corrected chi connectivity index (χ2v) is 5.93. The van der Waals surface area contributed by atoms with E-state index in [4.69, 9.17) is 5.73 Å². The first-order valence-corrected chi connectivity index (χ1v) is 6.65. The molecule has 2 N–H and O–H groups in total. The highest BCUT2D eigenvalue weighted by atomic mass is 32.2. The van der Waals surface area contributed by atoms with E-state index in [2.05, 4.69) is 0 Å². The van der Waals surface area contributed by atoms with Gasteiger partial charge in [0.15, 0.2) is 9.84 Å². The van der Waals surface area contributed by atoms with Crippen LogP contribution in [0.25, 0.3) is 0 Å². The fourth-order valence-corrected chi connectivity index (χ4v) is 2.10. The van der Waals surface area contributed by atoms with Gasteiger partial charge in [0.2, 0.25) is 5.91 Å². The van der Waals surface area contributed by atoms with E-state index in [-0.39, 0.29) is 17.7 Å². The molecule has 14 heavy (non-hydrogen) atoms. The minimum Gasteiger partial charge on any atom is -0.342 e. The Bertz CT molecular complexity index is 305. The summed E-state index contributed by atoms with van der Waals surface area (Å²) in [6.45, 7) is 1.16. The summed E-state index contributed by atoms with van der Waals surface area (Å²) < 4.78 is 21.8. The fourth-order valence-electron chi connectivity index (χ4n) is 1.46. The van der Waals surface area contributed by atoms with Crippen molar-refractivity contribution >= 4 is 15.7 Å². The first-order chi connectivity index (χ1) is 6.38. The zero-order chi connectivity index (χ0) is 10.8. The lowest BCUT2D eigenvalue weighted by Gasteiger charge is -2.29. The van der Waals surface area contributed by atoms with Crippen molar-refractivity contribution in [2.75, 3.05) is 25.1 Å². The van der Waals surface area contributed by atoms with Crippen LogP contribution in [0.15, 0.2) is 0 Å². The van der Waals surface area contributed by atoms with Gasteiger partial charge >= 0.3 is 0 Å². The number of nitrogens with zero attached hydrogens (tertiary/aromatic N) is 1. The molecule has 1 saturated heterocycles. The number of sulfone groups is 1. The molecular weight excluding hydrogens is 204 g/mol. The van der Waals surface area contributed by atoms with Crippen molar-refractivity contribution in [1.29, 1.82) is 0 Å². The summed E-state index contributed by atoms with van der Waals surface area (Å²) in [6.07, 6.45) is 2.59. The number of carbonyl (C=O) groups excluding carboxylic acids is 1. The van der Waals surface area contributed by atoms with Crippen LogP contribution in [-0.2, 0) is 14.6 Å². The Morgan fingerprint density at radius 1 is 1.43 bits per heavy atom. The SMILES string of the molecule is CS(=O)(=O)CC(=O)N1CCC(N)CC1. The molecule has 0 spiro atoms. The standard InChI is InChI=1S/C8H16N2O3S/c1-14(12,13)6-8(11)10-4-2-7(9)3-5-10/h7H,2-6,9H2,1H3. The van der Waals surface area contributed by atoms with Crippen LogP contribution >= 0.6 is 0 Å². The summed E-state index contributed by atoms with van der Waals surface area (Å²) >= 11 is 0. The Labute approximate surface area is 84.2 Å². The summed E-state index contributed by atoms with van der Waals surface area (Å²) in [7, 11) is -3.21. The zero-order valence-electron chi connectivity index (χ0n) is 8.27. The maximum Gasteiger partial charge on any atom is 0.237 e. The lowest BCUT2D eigenvalue weighted by molar-refractivity contribution is -0.129. The van der Waals surface area contributed by atoms with E-state index in [9.17, 15) is 13.2 Å². The molecule has 0 unspecified atom stereocenters. The Balaban J connectivity index is 2.46. The minimum atomic E-state index is -3.21. The number of piperidine rings is 1. The molecule has 0 bridgehead atoms. The van der Waals surface area contributed by atoms with Gasteiger partial charge in [0.1, 0.15) is 5.75 Å². The van der Waals surface area contributed by atoms with Crippen LogP contribution in [0, 0.1) is 0 Å². The third-order valence-electron chi connectivity index (χ3n) is 2.28. The molecule has 0 aliphatic carbocycles. The number of hydrogen-bond donors (Lipinski definition) is 1. The van der Waals surface area contributed by atoms with Gasteiger partial charge in [-0.3, -0.25) is 4.79 Å². The smallest absolute Gasteiger partial charge is 0.237 e. The summed E-state index contributed by atoms with van der Waals surface area (Å²) in [5.41, 5.74) is 5.67. The van der Waals surface area contributed by atoms with Gasteiger partial charge in [0, 0.05) is 25.4 Å². The highest BCUT2D eigenvalue weighted by Crippen LogP contribution is 2.08. The van der Waals surface area contributed by atoms with Crippen molar-refractivity contribution in [3.8, 4) is 0 Å². The minimum absolute atomic E-state index is 0.150. The summed E-state index contributed by atoms with van der Waals surface area (Å²) in [5.74, 6) is -0.693. The van der Waals surface area contributed by atoms with Crippen molar-refractivity contribution < 1.29 is 13.2 Å². The van der Waals surface area contributed by atoms with Crippen LogP contribution in [0.3, 0.4) is 0 Å². The summed E-state index contributed by atoms with van der Waals surface area (Å²) in [4.78, 5) is 13.0. The molecule has 0 aromatic carbocycles. The van der Waals surface area contributed by atoms with Gasteiger partial charge < -0.3 is 10.6 Å². The van der Waals surface area contributed by atoms with E-state index in [0.717, 1.165) is 19.1 Å². The van der Waals surface area contributed by atoms with Gasteiger partial charge in [-0.1, -0.05) is 0 Å². The summed E-state index contributed by atoms with van der Waals surface area (Å²) in [6, 6.07) is 0.150. The molecule has 0 saturated carbocycles. The largest absolute Gasteiger partial charge is 0.342 e. The normalized spacial score (nSPS) is 19.7. The van der Waals surface area contributed by atoms with Crippen LogP contribution in [-0.4, -0.2) is 50.4 Å². The summed E-state index contributed by atoms with van der Waals surface area (Å²) in [5, 5.41) is 0. The van der Waals surface area contributed by atoms with Gasteiger partial charge in [-0.25, -0.2) is 8.42 Å². The second kappa shape index (κ2) is 4.27. The molecule has 0 aromatic rings. The molecule has 1 rings (SSSR count). The van der Waals surface area contributed by atoms with E-state index in [1.54, 1.807) is 4.90 Å². The molecular formula is C8H16N2O3S. The number of carbonyl (C=O) groups is 1. The number of hydrogen-bond acceptors (Lipinski definition) is 4. The first kappa shape index (κ1) is 11.5. The number of nitrogens with two attached hydrogens (primary N) is 1. The zero-order valence-corrected chi connectivity index (χ0v) is 9.09. The fraction of sp³-hybridized carbons (Fsp3) is 0.875. The molecule has 0 aromatic heterocycles. The van der Waals surface area contributed by atoms with Crippen molar-refractivity contribution in [1.82, 2.24) is 4.90 Å². The molecule has 0 atom stereocenters. The topological polar surface area (TPSA) is 80.5 Å². The van der Waals surface area contributed by atoms with Gasteiger partial charge in [0.25, 0.3) is 0 Å². The van der Waals surface area contributed by atoms with Crippen molar-refractivity contribution in [2.45, 2.75) is 18.9 Å². The monoisotopic (exact) mass is 220 g/mol. The predicted octanol–water partition coefficient (Wildman–Crippen LogP) is -1.02. The van der Waals surface area contributed by atoms with Crippen LogP contribution in [0.2, 0.25) is 0 Å². The van der Waals surface area contributed by atoms with E-state index in [0.29, 0.717) is 13.1 Å². The van der Waals surface area contributed by atoms with Crippen molar-refractivity contribution in [3.63, 3.8) is 0 Å². The Morgan fingerprint density at radius 2 is 1.93 bits per heavy atom. The maximum absolute atomic E-state index is 11.4. The Hall–Kier alpha value is -0.620. The van der Waals surface area contributed by atoms with Gasteiger partial charge in [-0.05, 0) is 12.8 Å². The molecule has 6 heteroatoms.